The summed E-state index contributed by atoms with van der Waals surface area (Å²) in [5, 5.41) is 4.41. The molecule has 1 atom stereocenters. The van der Waals surface area contributed by atoms with Gasteiger partial charge in [0.25, 0.3) is 0 Å². The second kappa shape index (κ2) is 8.01. The summed E-state index contributed by atoms with van der Waals surface area (Å²) in [6, 6.07) is 8.02. The van der Waals surface area contributed by atoms with Gasteiger partial charge in [0.1, 0.15) is 6.04 Å². The van der Waals surface area contributed by atoms with Crippen LogP contribution in [-0.4, -0.2) is 51.7 Å². The van der Waals surface area contributed by atoms with Crippen LogP contribution in [0.5, 0.6) is 0 Å². The number of hydrogen-bond donors (Lipinski definition) is 0. The van der Waals surface area contributed by atoms with Crippen molar-refractivity contribution in [3.05, 3.63) is 50.7 Å². The molecule has 1 fully saturated rings. The zero-order valence-corrected chi connectivity index (χ0v) is 17.6. The standard InChI is InChI=1S/C18H22Br2N4O/c1-13-17(20)12-24(21-13)14(2)18(25)23-9-7-22(8-10-23)11-15-5-3-4-6-16(15)19/h3-6,12,14H,7-11H2,1-2H3. The van der Waals surface area contributed by atoms with Gasteiger partial charge in [0.2, 0.25) is 5.91 Å². The van der Waals surface area contributed by atoms with E-state index in [0.29, 0.717) is 0 Å². The monoisotopic (exact) mass is 468 g/mol. The van der Waals surface area contributed by atoms with Gasteiger partial charge in [-0.05, 0) is 41.4 Å². The highest BCUT2D eigenvalue weighted by atomic mass is 79.9. The van der Waals surface area contributed by atoms with Gasteiger partial charge in [-0.1, -0.05) is 34.1 Å². The summed E-state index contributed by atoms with van der Waals surface area (Å²) in [5.74, 6) is 0.135. The second-order valence-electron chi connectivity index (χ2n) is 6.41. The van der Waals surface area contributed by atoms with E-state index in [1.54, 1.807) is 4.68 Å². The van der Waals surface area contributed by atoms with Gasteiger partial charge in [-0.3, -0.25) is 14.4 Å². The largest absolute Gasteiger partial charge is 0.338 e. The Balaban J connectivity index is 1.56. The Morgan fingerprint density at radius 2 is 1.84 bits per heavy atom. The number of carbonyl (C=O) groups is 1. The quantitative estimate of drug-likeness (QED) is 0.686. The van der Waals surface area contributed by atoms with Crippen molar-refractivity contribution < 1.29 is 4.79 Å². The Morgan fingerprint density at radius 3 is 2.44 bits per heavy atom. The average Bonchev–Trinajstić information content (AvgIpc) is 2.95. The molecule has 1 aromatic carbocycles. The van der Waals surface area contributed by atoms with Gasteiger partial charge >= 0.3 is 0 Å². The predicted octanol–water partition coefficient (Wildman–Crippen LogP) is 3.62. The first-order valence-corrected chi connectivity index (χ1v) is 10.00. The van der Waals surface area contributed by atoms with Crippen molar-refractivity contribution in [2.45, 2.75) is 26.4 Å². The fourth-order valence-corrected chi connectivity index (χ4v) is 3.73. The van der Waals surface area contributed by atoms with Crippen LogP contribution in [0.15, 0.2) is 39.4 Å². The van der Waals surface area contributed by atoms with Crippen molar-refractivity contribution >= 4 is 37.8 Å². The maximum Gasteiger partial charge on any atom is 0.247 e. The summed E-state index contributed by atoms with van der Waals surface area (Å²) >= 11 is 7.06. The minimum atomic E-state index is -0.278. The highest BCUT2D eigenvalue weighted by Gasteiger charge is 2.26. The van der Waals surface area contributed by atoms with Crippen LogP contribution in [0, 0.1) is 6.92 Å². The minimum absolute atomic E-state index is 0.135. The molecule has 0 aliphatic carbocycles. The molecule has 2 heterocycles. The third kappa shape index (κ3) is 4.33. The van der Waals surface area contributed by atoms with E-state index in [2.05, 4.69) is 60.1 Å². The molecular weight excluding hydrogens is 448 g/mol. The molecule has 0 spiro atoms. The molecule has 1 aliphatic rings. The molecule has 2 aromatic rings. The molecule has 0 saturated carbocycles. The molecule has 134 valence electrons. The molecule has 0 N–H and O–H groups in total. The van der Waals surface area contributed by atoms with Crippen LogP contribution in [0.4, 0.5) is 0 Å². The molecule has 1 aromatic heterocycles. The summed E-state index contributed by atoms with van der Waals surface area (Å²) in [7, 11) is 0. The second-order valence-corrected chi connectivity index (χ2v) is 8.12. The van der Waals surface area contributed by atoms with Crippen molar-refractivity contribution in [2.75, 3.05) is 26.2 Å². The maximum absolute atomic E-state index is 12.8. The number of aryl methyl sites for hydroxylation is 1. The fourth-order valence-electron chi connectivity index (χ4n) is 3.03. The number of amides is 1. The van der Waals surface area contributed by atoms with Gasteiger partial charge < -0.3 is 4.90 Å². The van der Waals surface area contributed by atoms with Crippen LogP contribution in [0.3, 0.4) is 0 Å². The lowest BCUT2D eigenvalue weighted by molar-refractivity contribution is -0.136. The normalized spacial score (nSPS) is 16.9. The molecule has 0 radical (unpaired) electrons. The van der Waals surface area contributed by atoms with Crippen molar-refractivity contribution in [3.63, 3.8) is 0 Å². The van der Waals surface area contributed by atoms with E-state index in [9.17, 15) is 4.79 Å². The molecule has 3 rings (SSSR count). The van der Waals surface area contributed by atoms with Gasteiger partial charge in [-0.2, -0.15) is 5.10 Å². The lowest BCUT2D eigenvalue weighted by atomic mass is 10.2. The third-order valence-corrected chi connectivity index (χ3v) is 6.20. The van der Waals surface area contributed by atoms with Crippen LogP contribution in [-0.2, 0) is 11.3 Å². The molecule has 1 aliphatic heterocycles. The first kappa shape index (κ1) is 18.6. The van der Waals surface area contributed by atoms with Gasteiger partial charge in [0.05, 0.1) is 10.2 Å². The molecule has 1 saturated heterocycles. The SMILES string of the molecule is Cc1nn(C(C)C(=O)N2CCN(Cc3ccccc3Br)CC2)cc1Br. The molecular formula is C18H22Br2N4O. The van der Waals surface area contributed by atoms with Crippen molar-refractivity contribution in [1.29, 1.82) is 0 Å². The number of hydrogen-bond acceptors (Lipinski definition) is 3. The Hall–Kier alpha value is -1.18. The van der Waals surface area contributed by atoms with Crippen LogP contribution < -0.4 is 0 Å². The number of aromatic nitrogens is 2. The number of rotatable bonds is 4. The third-order valence-electron chi connectivity index (χ3n) is 4.65. The smallest absolute Gasteiger partial charge is 0.247 e. The summed E-state index contributed by atoms with van der Waals surface area (Å²) in [6.07, 6.45) is 1.88. The van der Waals surface area contributed by atoms with Gasteiger partial charge in [-0.15, -0.1) is 0 Å². The molecule has 0 bridgehead atoms. The van der Waals surface area contributed by atoms with E-state index in [1.807, 2.05) is 31.0 Å². The van der Waals surface area contributed by atoms with E-state index in [0.717, 1.165) is 47.4 Å². The molecule has 1 amide bonds. The number of nitrogens with zero attached hydrogens (tertiary/aromatic N) is 4. The highest BCUT2D eigenvalue weighted by Crippen LogP contribution is 2.21. The lowest BCUT2D eigenvalue weighted by Crippen LogP contribution is -2.50. The number of benzene rings is 1. The number of carbonyl (C=O) groups excluding carboxylic acids is 1. The topological polar surface area (TPSA) is 41.4 Å². The average molecular weight is 470 g/mol. The summed E-state index contributed by atoms with van der Waals surface area (Å²) in [5.41, 5.74) is 2.19. The van der Waals surface area contributed by atoms with E-state index in [-0.39, 0.29) is 11.9 Å². The fraction of sp³-hybridized carbons (Fsp3) is 0.444. The van der Waals surface area contributed by atoms with Crippen molar-refractivity contribution in [1.82, 2.24) is 19.6 Å². The van der Waals surface area contributed by atoms with E-state index < -0.39 is 0 Å². The van der Waals surface area contributed by atoms with Gasteiger partial charge in [0.15, 0.2) is 0 Å². The summed E-state index contributed by atoms with van der Waals surface area (Å²) < 4.78 is 3.82. The molecule has 5 nitrogen and oxygen atoms in total. The van der Waals surface area contributed by atoms with E-state index in [4.69, 9.17) is 0 Å². The van der Waals surface area contributed by atoms with Crippen LogP contribution in [0.25, 0.3) is 0 Å². The number of halogens is 2. The highest BCUT2D eigenvalue weighted by molar-refractivity contribution is 9.10. The van der Waals surface area contributed by atoms with E-state index in [1.165, 1.54) is 5.56 Å². The van der Waals surface area contributed by atoms with Crippen molar-refractivity contribution in [3.8, 4) is 0 Å². The Morgan fingerprint density at radius 1 is 1.16 bits per heavy atom. The first-order valence-electron chi connectivity index (χ1n) is 8.41. The Bertz CT molecular complexity index is 734. The predicted molar refractivity (Wildman–Crippen MR) is 105 cm³/mol. The zero-order chi connectivity index (χ0) is 18.0. The van der Waals surface area contributed by atoms with Crippen LogP contribution >= 0.6 is 31.9 Å². The summed E-state index contributed by atoms with van der Waals surface area (Å²) in [4.78, 5) is 17.1. The van der Waals surface area contributed by atoms with E-state index >= 15 is 0 Å². The summed E-state index contributed by atoms with van der Waals surface area (Å²) in [6.45, 7) is 8.05. The Kier molecular flexibility index (Phi) is 5.96. The zero-order valence-electron chi connectivity index (χ0n) is 14.5. The first-order chi connectivity index (χ1) is 12.0. The van der Waals surface area contributed by atoms with Gasteiger partial charge in [-0.25, -0.2) is 0 Å². The minimum Gasteiger partial charge on any atom is -0.338 e. The lowest BCUT2D eigenvalue weighted by Gasteiger charge is -2.36. The maximum atomic E-state index is 12.8. The molecule has 1 unspecified atom stereocenters. The number of piperazine rings is 1. The van der Waals surface area contributed by atoms with Crippen molar-refractivity contribution in [2.24, 2.45) is 0 Å². The molecule has 7 heteroatoms. The van der Waals surface area contributed by atoms with Crippen LogP contribution in [0.2, 0.25) is 0 Å². The van der Waals surface area contributed by atoms with Gasteiger partial charge in [0, 0.05) is 43.4 Å². The molecule has 25 heavy (non-hydrogen) atoms. The Labute approximate surface area is 165 Å². The van der Waals surface area contributed by atoms with Crippen LogP contribution in [0.1, 0.15) is 24.2 Å².